The second-order valence-electron chi connectivity index (χ2n) is 5.88. The van der Waals surface area contributed by atoms with Crippen molar-refractivity contribution in [1.29, 1.82) is 0 Å². The molecule has 1 heterocycles. The van der Waals surface area contributed by atoms with Crippen LogP contribution >= 0.6 is 0 Å². The molecule has 5 heteroatoms. The van der Waals surface area contributed by atoms with E-state index in [1.54, 1.807) is 12.1 Å². The minimum atomic E-state index is -0.246. The molecule has 1 saturated heterocycles. The van der Waals surface area contributed by atoms with Gasteiger partial charge in [0.2, 0.25) is 5.91 Å². The summed E-state index contributed by atoms with van der Waals surface area (Å²) in [5.74, 6) is -0.241. The summed E-state index contributed by atoms with van der Waals surface area (Å²) in [6.45, 7) is 2.81. The fourth-order valence-electron chi connectivity index (χ4n) is 2.79. The predicted octanol–water partition coefficient (Wildman–Crippen LogP) is 3.23. The van der Waals surface area contributed by atoms with Gasteiger partial charge >= 0.3 is 0 Å². The normalized spacial score (nSPS) is 18.3. The standard InChI is InChI=1S/C19H21FN2O2/c20-16-8-6-15(7-9-16)18-14-22(12-13-24-18)11-10-19(23)21-17-4-2-1-3-5-17/h1-9,18H,10-14H2,(H,21,23). The number of carbonyl (C=O) groups is 1. The lowest BCUT2D eigenvalue weighted by atomic mass is 10.1. The molecule has 24 heavy (non-hydrogen) atoms. The number of morpholine rings is 1. The first-order chi connectivity index (χ1) is 11.7. The van der Waals surface area contributed by atoms with Crippen molar-refractivity contribution in [2.75, 3.05) is 31.6 Å². The second kappa shape index (κ2) is 8.04. The Hall–Kier alpha value is -2.24. The highest BCUT2D eigenvalue weighted by atomic mass is 19.1. The van der Waals surface area contributed by atoms with E-state index in [2.05, 4.69) is 10.2 Å². The number of nitrogens with one attached hydrogen (secondary N) is 1. The van der Waals surface area contributed by atoms with Gasteiger partial charge in [-0.2, -0.15) is 0 Å². The molecule has 1 atom stereocenters. The van der Waals surface area contributed by atoms with Crippen molar-refractivity contribution in [2.45, 2.75) is 12.5 Å². The zero-order valence-electron chi connectivity index (χ0n) is 13.5. The summed E-state index contributed by atoms with van der Waals surface area (Å²) in [6.07, 6.45) is 0.363. The zero-order chi connectivity index (χ0) is 16.8. The first-order valence-electron chi connectivity index (χ1n) is 8.15. The Bertz CT molecular complexity index is 661. The fraction of sp³-hybridized carbons (Fsp3) is 0.316. The molecule has 1 amide bonds. The number of anilines is 1. The topological polar surface area (TPSA) is 41.6 Å². The van der Waals surface area contributed by atoms with E-state index in [0.717, 1.165) is 17.8 Å². The summed E-state index contributed by atoms with van der Waals surface area (Å²) >= 11 is 0. The van der Waals surface area contributed by atoms with Crippen LogP contribution in [0.4, 0.5) is 10.1 Å². The lowest BCUT2D eigenvalue weighted by molar-refractivity contribution is -0.117. The van der Waals surface area contributed by atoms with E-state index in [1.165, 1.54) is 12.1 Å². The number of halogens is 1. The molecule has 1 fully saturated rings. The van der Waals surface area contributed by atoms with Crippen LogP contribution in [-0.2, 0) is 9.53 Å². The third kappa shape index (κ3) is 4.63. The molecule has 0 aliphatic carbocycles. The molecule has 2 aromatic rings. The Morgan fingerprint density at radius 1 is 1.17 bits per heavy atom. The lowest BCUT2D eigenvalue weighted by Crippen LogP contribution is -2.39. The molecule has 0 aromatic heterocycles. The molecular formula is C19H21FN2O2. The van der Waals surface area contributed by atoms with E-state index >= 15 is 0 Å². The highest BCUT2D eigenvalue weighted by Crippen LogP contribution is 2.22. The van der Waals surface area contributed by atoms with E-state index < -0.39 is 0 Å². The molecule has 0 saturated carbocycles. The molecule has 1 unspecified atom stereocenters. The Balaban J connectivity index is 1.48. The lowest BCUT2D eigenvalue weighted by Gasteiger charge is -2.33. The van der Waals surface area contributed by atoms with Gasteiger partial charge in [0.05, 0.1) is 12.7 Å². The van der Waals surface area contributed by atoms with Crippen LogP contribution in [0.15, 0.2) is 54.6 Å². The Morgan fingerprint density at radius 2 is 1.92 bits per heavy atom. The van der Waals surface area contributed by atoms with E-state index in [1.807, 2.05) is 30.3 Å². The maximum absolute atomic E-state index is 13.0. The Labute approximate surface area is 141 Å². The number of amides is 1. The van der Waals surface area contributed by atoms with Crippen molar-refractivity contribution in [3.05, 3.63) is 66.0 Å². The average Bonchev–Trinajstić information content (AvgIpc) is 2.62. The number of hydrogen-bond acceptors (Lipinski definition) is 3. The molecule has 2 aromatic carbocycles. The third-order valence-electron chi connectivity index (χ3n) is 4.11. The molecule has 126 valence electrons. The summed E-state index contributed by atoms with van der Waals surface area (Å²) in [6, 6.07) is 15.9. The largest absolute Gasteiger partial charge is 0.371 e. The molecule has 3 rings (SSSR count). The van der Waals surface area contributed by atoms with Crippen LogP contribution in [0, 0.1) is 5.82 Å². The number of benzene rings is 2. The number of carbonyl (C=O) groups excluding carboxylic acids is 1. The highest BCUT2D eigenvalue weighted by Gasteiger charge is 2.22. The number of ether oxygens (including phenoxy) is 1. The summed E-state index contributed by atoms with van der Waals surface area (Å²) < 4.78 is 18.8. The predicted molar refractivity (Wildman–Crippen MR) is 91.2 cm³/mol. The molecule has 1 aliphatic heterocycles. The van der Waals surface area contributed by atoms with Gasteiger partial charge < -0.3 is 10.1 Å². The van der Waals surface area contributed by atoms with Crippen LogP contribution in [0.1, 0.15) is 18.1 Å². The van der Waals surface area contributed by atoms with Gasteiger partial charge in [-0.1, -0.05) is 30.3 Å². The maximum Gasteiger partial charge on any atom is 0.225 e. The Morgan fingerprint density at radius 3 is 2.67 bits per heavy atom. The number of nitrogens with zero attached hydrogens (tertiary/aromatic N) is 1. The van der Waals surface area contributed by atoms with Crippen LogP contribution in [0.25, 0.3) is 0 Å². The van der Waals surface area contributed by atoms with Crippen LogP contribution in [0.5, 0.6) is 0 Å². The van der Waals surface area contributed by atoms with Crippen molar-refractivity contribution in [3.8, 4) is 0 Å². The zero-order valence-corrected chi connectivity index (χ0v) is 13.5. The van der Waals surface area contributed by atoms with Crippen LogP contribution in [-0.4, -0.2) is 37.0 Å². The second-order valence-corrected chi connectivity index (χ2v) is 5.88. The van der Waals surface area contributed by atoms with E-state index in [-0.39, 0.29) is 17.8 Å². The van der Waals surface area contributed by atoms with Gasteiger partial charge in [0, 0.05) is 31.7 Å². The van der Waals surface area contributed by atoms with Gasteiger partial charge in [-0.15, -0.1) is 0 Å². The monoisotopic (exact) mass is 328 g/mol. The smallest absolute Gasteiger partial charge is 0.225 e. The van der Waals surface area contributed by atoms with Crippen molar-refractivity contribution < 1.29 is 13.9 Å². The summed E-state index contributed by atoms with van der Waals surface area (Å²) in [5, 5.41) is 2.89. The van der Waals surface area contributed by atoms with Crippen molar-refractivity contribution in [2.24, 2.45) is 0 Å². The molecule has 4 nitrogen and oxygen atoms in total. The van der Waals surface area contributed by atoms with E-state index in [0.29, 0.717) is 26.1 Å². The molecular weight excluding hydrogens is 307 g/mol. The van der Waals surface area contributed by atoms with Crippen LogP contribution in [0.2, 0.25) is 0 Å². The highest BCUT2D eigenvalue weighted by molar-refractivity contribution is 5.90. The van der Waals surface area contributed by atoms with Crippen molar-refractivity contribution in [3.63, 3.8) is 0 Å². The minimum Gasteiger partial charge on any atom is -0.371 e. The maximum atomic E-state index is 13.0. The quantitative estimate of drug-likeness (QED) is 0.916. The average molecular weight is 328 g/mol. The van der Waals surface area contributed by atoms with Crippen molar-refractivity contribution in [1.82, 2.24) is 4.90 Å². The van der Waals surface area contributed by atoms with Crippen LogP contribution in [0.3, 0.4) is 0 Å². The van der Waals surface area contributed by atoms with Crippen molar-refractivity contribution >= 4 is 11.6 Å². The molecule has 1 N–H and O–H groups in total. The van der Waals surface area contributed by atoms with E-state index in [4.69, 9.17) is 4.74 Å². The summed E-state index contributed by atoms with van der Waals surface area (Å²) in [5.41, 5.74) is 1.78. The summed E-state index contributed by atoms with van der Waals surface area (Å²) in [4.78, 5) is 14.2. The third-order valence-corrected chi connectivity index (χ3v) is 4.11. The van der Waals surface area contributed by atoms with Gasteiger partial charge in [0.1, 0.15) is 5.82 Å². The number of para-hydroxylation sites is 1. The van der Waals surface area contributed by atoms with E-state index in [9.17, 15) is 9.18 Å². The SMILES string of the molecule is O=C(CCN1CCOC(c2ccc(F)cc2)C1)Nc1ccccc1. The summed E-state index contributed by atoms with van der Waals surface area (Å²) in [7, 11) is 0. The fourth-order valence-corrected chi connectivity index (χ4v) is 2.79. The first-order valence-corrected chi connectivity index (χ1v) is 8.15. The molecule has 1 aliphatic rings. The van der Waals surface area contributed by atoms with Crippen LogP contribution < -0.4 is 5.32 Å². The molecule has 0 bridgehead atoms. The van der Waals surface area contributed by atoms with Gasteiger partial charge in [-0.3, -0.25) is 9.69 Å². The molecule has 0 spiro atoms. The van der Waals surface area contributed by atoms with Gasteiger partial charge in [-0.05, 0) is 29.8 Å². The van der Waals surface area contributed by atoms with Gasteiger partial charge in [0.25, 0.3) is 0 Å². The number of rotatable bonds is 5. The minimum absolute atomic E-state index is 0.00558. The number of hydrogen-bond donors (Lipinski definition) is 1. The molecule has 0 radical (unpaired) electrons. The van der Waals surface area contributed by atoms with Gasteiger partial charge in [0.15, 0.2) is 0 Å². The Kier molecular flexibility index (Phi) is 5.56. The van der Waals surface area contributed by atoms with Gasteiger partial charge in [-0.25, -0.2) is 4.39 Å². The first kappa shape index (κ1) is 16.6.